The van der Waals surface area contributed by atoms with Crippen LogP contribution in [0, 0.1) is 5.82 Å². The van der Waals surface area contributed by atoms with Crippen LogP contribution >= 0.6 is 28.3 Å². The van der Waals surface area contributed by atoms with Crippen molar-refractivity contribution in [2.45, 2.75) is 18.6 Å². The third kappa shape index (κ3) is 4.03. The molecule has 0 bridgehead atoms. The molecule has 0 amide bonds. The standard InChI is InChI=1S/C15H15BrFNO.ClH/c16-11-7-4-8-12(17)14(11)15(18)13(19)9-10-5-2-1-3-6-10;/h1-8,13,15,19H,9,18H2;1H/t13-,15-;/m1./s1. The predicted molar refractivity (Wildman–Crippen MR) is 84.4 cm³/mol. The van der Waals surface area contributed by atoms with Crippen LogP contribution in [0.25, 0.3) is 0 Å². The van der Waals surface area contributed by atoms with Crippen molar-refractivity contribution in [3.05, 3.63) is 69.9 Å². The fourth-order valence-corrected chi connectivity index (χ4v) is 2.61. The lowest BCUT2D eigenvalue weighted by Gasteiger charge is -2.21. The molecule has 0 saturated carbocycles. The van der Waals surface area contributed by atoms with Gasteiger partial charge in [0.2, 0.25) is 0 Å². The van der Waals surface area contributed by atoms with E-state index in [9.17, 15) is 9.50 Å². The second-order valence-electron chi connectivity index (χ2n) is 4.42. The normalized spacial score (nSPS) is 13.4. The van der Waals surface area contributed by atoms with Gasteiger partial charge in [-0.1, -0.05) is 52.3 Å². The number of nitrogens with two attached hydrogens (primary N) is 1. The van der Waals surface area contributed by atoms with E-state index in [0.29, 0.717) is 16.5 Å². The van der Waals surface area contributed by atoms with Gasteiger partial charge in [0, 0.05) is 16.5 Å². The van der Waals surface area contributed by atoms with Crippen LogP contribution in [0.1, 0.15) is 17.2 Å². The Balaban J connectivity index is 0.00000200. The van der Waals surface area contributed by atoms with Gasteiger partial charge in [-0.15, -0.1) is 12.4 Å². The topological polar surface area (TPSA) is 46.2 Å². The number of aliphatic hydroxyl groups excluding tert-OH is 1. The molecule has 0 heterocycles. The van der Waals surface area contributed by atoms with E-state index in [4.69, 9.17) is 5.73 Å². The summed E-state index contributed by atoms with van der Waals surface area (Å²) in [6, 6.07) is 13.4. The van der Waals surface area contributed by atoms with Crippen LogP contribution in [0.15, 0.2) is 53.0 Å². The minimum absolute atomic E-state index is 0. The molecule has 2 nitrogen and oxygen atoms in total. The van der Waals surface area contributed by atoms with E-state index in [0.717, 1.165) is 5.56 Å². The van der Waals surface area contributed by atoms with Gasteiger partial charge in [-0.2, -0.15) is 0 Å². The highest BCUT2D eigenvalue weighted by molar-refractivity contribution is 9.10. The van der Waals surface area contributed by atoms with E-state index in [-0.39, 0.29) is 12.4 Å². The Morgan fingerprint density at radius 3 is 2.35 bits per heavy atom. The highest BCUT2D eigenvalue weighted by Gasteiger charge is 2.22. The van der Waals surface area contributed by atoms with Crippen molar-refractivity contribution >= 4 is 28.3 Å². The molecule has 20 heavy (non-hydrogen) atoms. The maximum atomic E-state index is 13.8. The average molecular weight is 361 g/mol. The number of halogens is 3. The van der Waals surface area contributed by atoms with E-state index in [1.807, 2.05) is 30.3 Å². The Hall–Kier alpha value is -0.940. The molecule has 0 aliphatic rings. The van der Waals surface area contributed by atoms with Crippen LogP contribution in [-0.2, 0) is 6.42 Å². The Bertz CT molecular complexity index is 533. The first-order chi connectivity index (χ1) is 9.09. The van der Waals surface area contributed by atoms with E-state index in [2.05, 4.69) is 15.9 Å². The van der Waals surface area contributed by atoms with Crippen LogP contribution in [0.5, 0.6) is 0 Å². The zero-order valence-corrected chi connectivity index (χ0v) is 13.1. The lowest BCUT2D eigenvalue weighted by Crippen LogP contribution is -2.29. The molecule has 0 radical (unpaired) electrons. The Morgan fingerprint density at radius 1 is 1.10 bits per heavy atom. The van der Waals surface area contributed by atoms with Crippen molar-refractivity contribution in [3.63, 3.8) is 0 Å². The molecule has 5 heteroatoms. The van der Waals surface area contributed by atoms with E-state index >= 15 is 0 Å². The molecule has 2 aromatic carbocycles. The average Bonchev–Trinajstić information content (AvgIpc) is 2.39. The lowest BCUT2D eigenvalue weighted by atomic mass is 9.96. The van der Waals surface area contributed by atoms with Crippen molar-refractivity contribution in [3.8, 4) is 0 Å². The SMILES string of the molecule is Cl.N[C@@H](c1c(F)cccc1Br)[C@H](O)Cc1ccccc1. The summed E-state index contributed by atoms with van der Waals surface area (Å²) in [5.74, 6) is -0.408. The van der Waals surface area contributed by atoms with Gasteiger partial charge in [-0.25, -0.2) is 4.39 Å². The van der Waals surface area contributed by atoms with Crippen molar-refractivity contribution in [2.24, 2.45) is 5.73 Å². The molecule has 108 valence electrons. The molecular weight excluding hydrogens is 345 g/mol. The van der Waals surface area contributed by atoms with Crippen LogP contribution in [-0.4, -0.2) is 11.2 Å². The molecule has 0 unspecified atom stereocenters. The highest BCUT2D eigenvalue weighted by atomic mass is 79.9. The summed E-state index contributed by atoms with van der Waals surface area (Å²) in [5, 5.41) is 10.2. The first-order valence-corrected chi connectivity index (χ1v) is 6.80. The first kappa shape index (κ1) is 17.1. The summed E-state index contributed by atoms with van der Waals surface area (Å²) in [6.45, 7) is 0. The van der Waals surface area contributed by atoms with Gasteiger partial charge in [0.05, 0.1) is 12.1 Å². The van der Waals surface area contributed by atoms with Crippen LogP contribution in [0.4, 0.5) is 4.39 Å². The molecule has 0 aliphatic heterocycles. The minimum Gasteiger partial charge on any atom is -0.391 e. The fourth-order valence-electron chi connectivity index (χ4n) is 2.00. The monoisotopic (exact) mass is 359 g/mol. The minimum atomic E-state index is -0.837. The summed E-state index contributed by atoms with van der Waals surface area (Å²) in [5.41, 5.74) is 7.25. The Kier molecular flexibility index (Phi) is 6.62. The van der Waals surface area contributed by atoms with E-state index < -0.39 is 18.0 Å². The molecule has 0 aliphatic carbocycles. The number of hydrogen-bond acceptors (Lipinski definition) is 2. The van der Waals surface area contributed by atoms with Crippen LogP contribution in [0.2, 0.25) is 0 Å². The van der Waals surface area contributed by atoms with Gasteiger partial charge in [0.1, 0.15) is 5.82 Å². The van der Waals surface area contributed by atoms with Crippen LogP contribution in [0.3, 0.4) is 0 Å². The van der Waals surface area contributed by atoms with Crippen molar-refractivity contribution in [1.82, 2.24) is 0 Å². The summed E-state index contributed by atoms with van der Waals surface area (Å²) in [6.07, 6.45) is -0.446. The van der Waals surface area contributed by atoms with Gasteiger partial charge < -0.3 is 10.8 Å². The number of rotatable bonds is 4. The maximum absolute atomic E-state index is 13.8. The smallest absolute Gasteiger partial charge is 0.129 e. The van der Waals surface area contributed by atoms with Crippen molar-refractivity contribution < 1.29 is 9.50 Å². The first-order valence-electron chi connectivity index (χ1n) is 6.01. The highest BCUT2D eigenvalue weighted by Crippen LogP contribution is 2.27. The second-order valence-corrected chi connectivity index (χ2v) is 5.27. The van der Waals surface area contributed by atoms with Gasteiger partial charge in [0.15, 0.2) is 0 Å². The van der Waals surface area contributed by atoms with Gasteiger partial charge in [-0.3, -0.25) is 0 Å². The van der Waals surface area contributed by atoms with Crippen LogP contribution < -0.4 is 5.73 Å². The second kappa shape index (κ2) is 7.74. The fraction of sp³-hybridized carbons (Fsp3) is 0.200. The molecule has 2 atom stereocenters. The number of benzene rings is 2. The summed E-state index contributed by atoms with van der Waals surface area (Å²) < 4.78 is 14.4. The van der Waals surface area contributed by atoms with Gasteiger partial charge >= 0.3 is 0 Å². The van der Waals surface area contributed by atoms with E-state index in [1.165, 1.54) is 6.07 Å². The third-order valence-electron chi connectivity index (χ3n) is 3.04. The predicted octanol–water partition coefficient (Wildman–Crippen LogP) is 3.61. The zero-order chi connectivity index (χ0) is 13.8. The molecular formula is C15H16BrClFNO. The van der Waals surface area contributed by atoms with Crippen molar-refractivity contribution in [2.75, 3.05) is 0 Å². The summed E-state index contributed by atoms with van der Waals surface area (Å²) >= 11 is 3.27. The molecule has 2 aromatic rings. The van der Waals surface area contributed by atoms with E-state index in [1.54, 1.807) is 12.1 Å². The number of hydrogen-bond donors (Lipinski definition) is 2. The Morgan fingerprint density at radius 2 is 1.75 bits per heavy atom. The third-order valence-corrected chi connectivity index (χ3v) is 3.73. The Labute approximate surface area is 132 Å². The molecule has 0 spiro atoms. The molecule has 3 N–H and O–H groups in total. The molecule has 0 fully saturated rings. The van der Waals surface area contributed by atoms with Crippen molar-refractivity contribution in [1.29, 1.82) is 0 Å². The zero-order valence-electron chi connectivity index (χ0n) is 10.7. The quantitative estimate of drug-likeness (QED) is 0.875. The maximum Gasteiger partial charge on any atom is 0.129 e. The number of aliphatic hydroxyl groups is 1. The molecule has 0 aromatic heterocycles. The summed E-state index contributed by atoms with van der Waals surface area (Å²) in [4.78, 5) is 0. The largest absolute Gasteiger partial charge is 0.391 e. The molecule has 0 saturated heterocycles. The van der Waals surface area contributed by atoms with Gasteiger partial charge in [-0.05, 0) is 17.7 Å². The summed E-state index contributed by atoms with van der Waals surface area (Å²) in [7, 11) is 0. The lowest BCUT2D eigenvalue weighted by molar-refractivity contribution is 0.143. The molecule has 2 rings (SSSR count). The van der Waals surface area contributed by atoms with Gasteiger partial charge in [0.25, 0.3) is 0 Å².